The summed E-state index contributed by atoms with van der Waals surface area (Å²) < 4.78 is 4.12. The van der Waals surface area contributed by atoms with Crippen LogP contribution in [0.25, 0.3) is 0 Å². The maximum absolute atomic E-state index is 12.6. The van der Waals surface area contributed by atoms with Gasteiger partial charge in [0.2, 0.25) is 0 Å². The van der Waals surface area contributed by atoms with Crippen LogP contribution < -0.4 is 11.3 Å². The predicted octanol–water partition coefficient (Wildman–Crippen LogP) is 3.35. The first kappa shape index (κ1) is 15.2. The van der Waals surface area contributed by atoms with Gasteiger partial charge in [-0.3, -0.25) is 9.48 Å². The van der Waals surface area contributed by atoms with Crippen molar-refractivity contribution < 1.29 is 0 Å². The van der Waals surface area contributed by atoms with Crippen LogP contribution in [0, 0.1) is 5.92 Å². The lowest BCUT2D eigenvalue weighted by atomic mass is 10.1. The lowest BCUT2D eigenvalue weighted by Gasteiger charge is -2.21. The molecule has 2 rings (SSSR count). The molecule has 1 heterocycles. The van der Waals surface area contributed by atoms with Crippen LogP contribution in [0.5, 0.6) is 0 Å². The lowest BCUT2D eigenvalue weighted by Crippen LogP contribution is -2.28. The molecule has 4 nitrogen and oxygen atoms in total. The fourth-order valence-corrected chi connectivity index (χ4v) is 3.44. The maximum Gasteiger partial charge on any atom is 0.290 e. The standard InChI is InChI=1S/C16H29N3O/c1-4-18-14(11-12(2)3)15(17)16(20)19(18)13-9-7-5-6-8-10-13/h12-13H,4-11,17H2,1-3H3. The molecule has 0 bridgehead atoms. The van der Waals surface area contributed by atoms with E-state index in [2.05, 4.69) is 25.5 Å². The van der Waals surface area contributed by atoms with Crippen molar-refractivity contribution in [3.63, 3.8) is 0 Å². The van der Waals surface area contributed by atoms with Crippen LogP contribution in [0.1, 0.15) is 71.0 Å². The second-order valence-electron chi connectivity index (χ2n) is 6.47. The van der Waals surface area contributed by atoms with Crippen LogP contribution in [0.2, 0.25) is 0 Å². The Balaban J connectivity index is 2.43. The van der Waals surface area contributed by atoms with Crippen LogP contribution in [-0.2, 0) is 13.0 Å². The van der Waals surface area contributed by atoms with Gasteiger partial charge in [-0.25, -0.2) is 4.68 Å². The molecule has 0 saturated heterocycles. The molecule has 4 heteroatoms. The summed E-state index contributed by atoms with van der Waals surface area (Å²) in [6.45, 7) is 7.28. The van der Waals surface area contributed by atoms with Gasteiger partial charge in [0.05, 0.1) is 11.7 Å². The number of anilines is 1. The highest BCUT2D eigenvalue weighted by Gasteiger charge is 2.23. The fraction of sp³-hybridized carbons (Fsp3) is 0.812. The minimum absolute atomic E-state index is 0.0365. The Bertz CT molecular complexity index is 491. The van der Waals surface area contributed by atoms with Gasteiger partial charge in [0.15, 0.2) is 0 Å². The molecule has 0 aliphatic heterocycles. The predicted molar refractivity (Wildman–Crippen MR) is 84.1 cm³/mol. The van der Waals surface area contributed by atoms with E-state index in [1.54, 1.807) is 0 Å². The van der Waals surface area contributed by atoms with Gasteiger partial charge in [-0.05, 0) is 32.1 Å². The van der Waals surface area contributed by atoms with Crippen LogP contribution >= 0.6 is 0 Å². The molecule has 1 aromatic rings. The van der Waals surface area contributed by atoms with E-state index in [-0.39, 0.29) is 5.56 Å². The highest BCUT2D eigenvalue weighted by atomic mass is 16.1. The van der Waals surface area contributed by atoms with Gasteiger partial charge >= 0.3 is 0 Å². The number of aromatic nitrogens is 2. The first-order valence-electron chi connectivity index (χ1n) is 8.15. The first-order chi connectivity index (χ1) is 9.56. The summed E-state index contributed by atoms with van der Waals surface area (Å²) in [5, 5.41) is 0. The molecule has 1 saturated carbocycles. The average Bonchev–Trinajstić information content (AvgIpc) is 2.64. The van der Waals surface area contributed by atoms with E-state index in [0.717, 1.165) is 31.5 Å². The van der Waals surface area contributed by atoms with Gasteiger partial charge in [0, 0.05) is 6.54 Å². The van der Waals surface area contributed by atoms with E-state index in [9.17, 15) is 4.79 Å². The Morgan fingerprint density at radius 3 is 2.30 bits per heavy atom. The van der Waals surface area contributed by atoms with E-state index >= 15 is 0 Å². The Morgan fingerprint density at radius 2 is 1.80 bits per heavy atom. The van der Waals surface area contributed by atoms with E-state index in [1.165, 1.54) is 25.7 Å². The van der Waals surface area contributed by atoms with Gasteiger partial charge in [0.1, 0.15) is 5.69 Å². The highest BCUT2D eigenvalue weighted by molar-refractivity contribution is 5.42. The smallest absolute Gasteiger partial charge is 0.290 e. The van der Waals surface area contributed by atoms with E-state index in [4.69, 9.17) is 5.73 Å². The number of hydrogen-bond donors (Lipinski definition) is 1. The molecule has 0 spiro atoms. The Labute approximate surface area is 121 Å². The zero-order chi connectivity index (χ0) is 14.7. The summed E-state index contributed by atoms with van der Waals surface area (Å²) in [5.74, 6) is 0.513. The molecule has 0 atom stereocenters. The SMILES string of the molecule is CCn1c(CC(C)C)c(N)c(=O)n1C1CCCCCC1. The average molecular weight is 279 g/mol. The molecule has 1 aliphatic rings. The molecular weight excluding hydrogens is 250 g/mol. The maximum atomic E-state index is 12.6. The zero-order valence-corrected chi connectivity index (χ0v) is 13.2. The number of hydrogen-bond acceptors (Lipinski definition) is 2. The van der Waals surface area contributed by atoms with Crippen LogP contribution in [0.3, 0.4) is 0 Å². The number of nitrogens with two attached hydrogens (primary N) is 1. The second-order valence-corrected chi connectivity index (χ2v) is 6.47. The first-order valence-corrected chi connectivity index (χ1v) is 8.15. The summed E-state index contributed by atoms with van der Waals surface area (Å²) >= 11 is 0. The molecule has 1 fully saturated rings. The number of rotatable bonds is 4. The van der Waals surface area contributed by atoms with Crippen molar-refractivity contribution >= 4 is 5.69 Å². The highest BCUT2D eigenvalue weighted by Crippen LogP contribution is 2.28. The van der Waals surface area contributed by atoms with Gasteiger partial charge in [-0.15, -0.1) is 0 Å². The summed E-state index contributed by atoms with van der Waals surface area (Å²) in [6, 6.07) is 0.341. The van der Waals surface area contributed by atoms with Crippen molar-refractivity contribution in [1.82, 2.24) is 9.36 Å². The van der Waals surface area contributed by atoms with Crippen molar-refractivity contribution in [3.8, 4) is 0 Å². The molecule has 2 N–H and O–H groups in total. The largest absolute Gasteiger partial charge is 0.393 e. The Morgan fingerprint density at radius 1 is 1.20 bits per heavy atom. The summed E-state index contributed by atoms with van der Waals surface area (Å²) in [5.41, 5.74) is 7.67. The van der Waals surface area contributed by atoms with E-state index in [1.807, 2.05) is 4.68 Å². The lowest BCUT2D eigenvalue weighted by molar-refractivity contribution is 0.327. The number of nitrogens with zero attached hydrogens (tertiary/aromatic N) is 2. The summed E-state index contributed by atoms with van der Waals surface area (Å²) in [6.07, 6.45) is 8.17. The molecule has 0 aromatic carbocycles. The molecule has 1 aliphatic carbocycles. The van der Waals surface area contributed by atoms with Crippen molar-refractivity contribution in [1.29, 1.82) is 0 Å². The quantitative estimate of drug-likeness (QED) is 0.859. The molecule has 114 valence electrons. The normalized spacial score (nSPS) is 17.6. The molecule has 0 radical (unpaired) electrons. The Kier molecular flexibility index (Phi) is 4.95. The van der Waals surface area contributed by atoms with Crippen molar-refractivity contribution in [3.05, 3.63) is 16.0 Å². The van der Waals surface area contributed by atoms with Crippen LogP contribution in [0.4, 0.5) is 5.69 Å². The summed E-state index contributed by atoms with van der Waals surface area (Å²) in [4.78, 5) is 12.6. The number of nitrogen functional groups attached to an aromatic ring is 1. The fourth-order valence-electron chi connectivity index (χ4n) is 3.44. The van der Waals surface area contributed by atoms with Crippen molar-refractivity contribution in [2.75, 3.05) is 5.73 Å². The monoisotopic (exact) mass is 279 g/mol. The molecule has 1 aromatic heterocycles. The molecule has 0 unspecified atom stereocenters. The van der Waals surface area contributed by atoms with Crippen molar-refractivity contribution in [2.45, 2.75) is 78.3 Å². The van der Waals surface area contributed by atoms with Crippen LogP contribution in [0.15, 0.2) is 4.79 Å². The topological polar surface area (TPSA) is 52.9 Å². The van der Waals surface area contributed by atoms with Crippen LogP contribution in [-0.4, -0.2) is 9.36 Å². The van der Waals surface area contributed by atoms with E-state index in [0.29, 0.717) is 17.6 Å². The molecular formula is C16H29N3O. The van der Waals surface area contributed by atoms with Gasteiger partial charge in [0.25, 0.3) is 5.56 Å². The van der Waals surface area contributed by atoms with E-state index < -0.39 is 0 Å². The minimum atomic E-state index is 0.0365. The third-order valence-electron chi connectivity index (χ3n) is 4.39. The molecule has 0 amide bonds. The van der Waals surface area contributed by atoms with Gasteiger partial charge < -0.3 is 5.73 Å². The van der Waals surface area contributed by atoms with Gasteiger partial charge in [-0.2, -0.15) is 0 Å². The summed E-state index contributed by atoms with van der Waals surface area (Å²) in [7, 11) is 0. The zero-order valence-electron chi connectivity index (χ0n) is 13.2. The van der Waals surface area contributed by atoms with Gasteiger partial charge in [-0.1, -0.05) is 39.5 Å². The Hall–Kier alpha value is -1.19. The third kappa shape index (κ3) is 2.94. The molecule has 20 heavy (non-hydrogen) atoms. The minimum Gasteiger partial charge on any atom is -0.393 e. The second kappa shape index (κ2) is 6.51. The van der Waals surface area contributed by atoms with Crippen molar-refractivity contribution in [2.24, 2.45) is 5.92 Å². The third-order valence-corrected chi connectivity index (χ3v) is 4.39.